The minimum absolute atomic E-state index is 0.0141. The van der Waals surface area contributed by atoms with E-state index in [-0.39, 0.29) is 31.0 Å². The van der Waals surface area contributed by atoms with Crippen molar-refractivity contribution in [3.05, 3.63) is 36.5 Å². The fourth-order valence-corrected chi connectivity index (χ4v) is 5.00. The first-order valence-electron chi connectivity index (χ1n) is 12.9. The molecule has 0 aliphatic heterocycles. The van der Waals surface area contributed by atoms with Crippen LogP contribution in [0.25, 0.3) is 22.2 Å². The first-order valence-corrected chi connectivity index (χ1v) is 12.9. The second-order valence-electron chi connectivity index (χ2n) is 9.76. The third kappa shape index (κ3) is 5.71. The van der Waals surface area contributed by atoms with Gasteiger partial charge in [0.05, 0.1) is 49.3 Å². The Morgan fingerprint density at radius 2 is 1.92 bits per heavy atom. The molecule has 0 radical (unpaired) electrons. The summed E-state index contributed by atoms with van der Waals surface area (Å²) in [5, 5.41) is 35.7. The molecule has 1 fully saturated rings. The van der Waals surface area contributed by atoms with Gasteiger partial charge in [0.15, 0.2) is 5.75 Å². The summed E-state index contributed by atoms with van der Waals surface area (Å²) in [4.78, 5) is 4.51. The number of rotatable bonds is 9. The Bertz CT molecular complexity index is 1420. The number of anilines is 1. The molecule has 0 saturated heterocycles. The van der Waals surface area contributed by atoms with Crippen LogP contribution >= 0.6 is 0 Å². The average molecular weight is 549 g/mol. The lowest BCUT2D eigenvalue weighted by Crippen LogP contribution is -2.27. The summed E-state index contributed by atoms with van der Waals surface area (Å²) < 4.78 is 50.5. The predicted octanol–water partition coefficient (Wildman–Crippen LogP) is 3.39. The minimum Gasteiger partial charge on any atom is -0.486 e. The highest BCUT2D eigenvalue weighted by Crippen LogP contribution is 2.39. The van der Waals surface area contributed by atoms with E-state index in [9.17, 15) is 18.3 Å². The summed E-state index contributed by atoms with van der Waals surface area (Å²) >= 11 is 0. The highest BCUT2D eigenvalue weighted by molar-refractivity contribution is 5.93. The van der Waals surface area contributed by atoms with Crippen LogP contribution in [0.4, 0.5) is 19.0 Å². The SMILES string of the molecule is CCNc1cc2c(cn1)c(-c1cnn(C[C@@H](O)CO)c1)nn2C1CCC(Oc2cn(C)nc2C(F)(F)F)CC1. The van der Waals surface area contributed by atoms with Gasteiger partial charge in [-0.2, -0.15) is 28.5 Å². The normalized spacial score (nSPS) is 18.9. The fourth-order valence-electron chi connectivity index (χ4n) is 5.00. The monoisotopic (exact) mass is 548 g/mol. The molecule has 1 saturated carbocycles. The molecule has 1 aliphatic rings. The van der Waals surface area contributed by atoms with Gasteiger partial charge >= 0.3 is 6.18 Å². The van der Waals surface area contributed by atoms with E-state index >= 15 is 0 Å². The van der Waals surface area contributed by atoms with Crippen molar-refractivity contribution in [3.63, 3.8) is 0 Å². The van der Waals surface area contributed by atoms with Gasteiger partial charge in [-0.3, -0.25) is 14.0 Å². The molecule has 0 unspecified atom stereocenters. The number of aliphatic hydroxyl groups excluding tert-OH is 2. The topological polar surface area (TPSA) is 128 Å². The molecule has 14 heteroatoms. The van der Waals surface area contributed by atoms with Gasteiger partial charge in [-0.25, -0.2) is 4.98 Å². The molecule has 11 nitrogen and oxygen atoms in total. The molecule has 4 aromatic heterocycles. The van der Waals surface area contributed by atoms with Gasteiger partial charge in [0.25, 0.3) is 0 Å². The third-order valence-electron chi connectivity index (χ3n) is 6.81. The number of hydrogen-bond acceptors (Lipinski definition) is 8. The maximum atomic E-state index is 13.4. The number of hydrogen-bond donors (Lipinski definition) is 3. The summed E-state index contributed by atoms with van der Waals surface area (Å²) in [5.74, 6) is 0.470. The molecular weight excluding hydrogens is 517 g/mol. The molecule has 0 amide bonds. The van der Waals surface area contributed by atoms with Crippen LogP contribution in [0, 0.1) is 0 Å². The van der Waals surface area contributed by atoms with E-state index in [0.717, 1.165) is 21.1 Å². The number of nitrogens with one attached hydrogen (secondary N) is 1. The molecular formula is C25H31F3N8O3. The van der Waals surface area contributed by atoms with Crippen LogP contribution in [0.2, 0.25) is 0 Å². The molecule has 0 aromatic carbocycles. The molecule has 4 aromatic rings. The van der Waals surface area contributed by atoms with E-state index in [1.165, 1.54) is 13.2 Å². The van der Waals surface area contributed by atoms with E-state index in [4.69, 9.17) is 14.9 Å². The van der Waals surface area contributed by atoms with Gasteiger partial charge < -0.3 is 20.3 Å². The molecule has 3 N–H and O–H groups in total. The van der Waals surface area contributed by atoms with Crippen molar-refractivity contribution in [3.8, 4) is 17.0 Å². The molecule has 4 heterocycles. The van der Waals surface area contributed by atoms with Gasteiger partial charge in [0, 0.05) is 43.0 Å². The predicted molar refractivity (Wildman–Crippen MR) is 136 cm³/mol. The molecule has 1 atom stereocenters. The van der Waals surface area contributed by atoms with Crippen molar-refractivity contribution in [2.75, 3.05) is 18.5 Å². The lowest BCUT2D eigenvalue weighted by Gasteiger charge is -2.29. The van der Waals surface area contributed by atoms with Crippen LogP contribution in [0.3, 0.4) is 0 Å². The number of alkyl halides is 3. The van der Waals surface area contributed by atoms with Gasteiger partial charge in [0.1, 0.15) is 11.5 Å². The maximum absolute atomic E-state index is 13.4. The van der Waals surface area contributed by atoms with E-state index < -0.39 is 18.0 Å². The van der Waals surface area contributed by atoms with Gasteiger partial charge in [0.2, 0.25) is 5.69 Å². The Hall–Kier alpha value is -3.65. The smallest absolute Gasteiger partial charge is 0.438 e. The van der Waals surface area contributed by atoms with Crippen molar-refractivity contribution in [2.24, 2.45) is 7.05 Å². The van der Waals surface area contributed by atoms with Crippen molar-refractivity contribution < 1.29 is 28.1 Å². The van der Waals surface area contributed by atoms with Crippen molar-refractivity contribution in [1.29, 1.82) is 0 Å². The van der Waals surface area contributed by atoms with Gasteiger partial charge in [-0.05, 0) is 32.6 Å². The summed E-state index contributed by atoms with van der Waals surface area (Å²) in [7, 11) is 1.44. The Balaban J connectivity index is 1.39. The lowest BCUT2D eigenvalue weighted by atomic mass is 9.93. The number of pyridine rings is 1. The zero-order valence-electron chi connectivity index (χ0n) is 21.6. The van der Waals surface area contributed by atoms with Crippen molar-refractivity contribution in [1.82, 2.24) is 34.3 Å². The Labute approximate surface area is 222 Å². The molecule has 0 bridgehead atoms. The van der Waals surface area contributed by atoms with E-state index in [1.807, 2.05) is 17.7 Å². The first-order chi connectivity index (χ1) is 18.7. The van der Waals surface area contributed by atoms with E-state index in [2.05, 4.69) is 20.5 Å². The van der Waals surface area contributed by atoms with Crippen LogP contribution in [-0.4, -0.2) is 69.9 Å². The minimum atomic E-state index is -4.58. The van der Waals surface area contributed by atoms with Gasteiger partial charge in [-0.15, -0.1) is 0 Å². The second kappa shape index (κ2) is 10.8. The standard InChI is InChI=1S/C25H31F3N8O3/c1-3-29-22-8-20-19(10-30-22)23(15-9-31-35(11-15)12-17(38)14-37)32-36(20)16-4-6-18(7-5-16)39-21-13-34(2)33-24(21)25(26,27)28/h8-11,13,16-18,37-38H,3-7,12,14H2,1-2H3,(H,29,30)/t16?,17-,18?/m1/s1. The third-order valence-corrected chi connectivity index (χ3v) is 6.81. The number of aliphatic hydroxyl groups is 2. The van der Waals surface area contributed by atoms with Crippen molar-refractivity contribution >= 4 is 16.7 Å². The molecule has 1 aliphatic carbocycles. The number of fused-ring (bicyclic) bond motifs is 1. The summed E-state index contributed by atoms with van der Waals surface area (Å²) in [6.07, 6.45) is 3.05. The van der Waals surface area contributed by atoms with Gasteiger partial charge in [-0.1, -0.05) is 0 Å². The summed E-state index contributed by atoms with van der Waals surface area (Å²) in [6.45, 7) is 2.47. The Morgan fingerprint density at radius 3 is 2.62 bits per heavy atom. The fraction of sp³-hybridized carbons (Fsp3) is 0.520. The zero-order chi connectivity index (χ0) is 27.7. The summed E-state index contributed by atoms with van der Waals surface area (Å²) in [5.41, 5.74) is 1.31. The van der Waals surface area contributed by atoms with Crippen LogP contribution in [0.15, 0.2) is 30.9 Å². The number of halogens is 3. The van der Waals surface area contributed by atoms with Crippen LogP contribution < -0.4 is 10.1 Å². The van der Waals surface area contributed by atoms with E-state index in [1.54, 1.807) is 23.3 Å². The number of aromatic nitrogens is 7. The van der Waals surface area contributed by atoms with Crippen molar-refractivity contribution in [2.45, 2.75) is 63.6 Å². The van der Waals surface area contributed by atoms with Crippen LogP contribution in [-0.2, 0) is 19.8 Å². The Morgan fingerprint density at radius 1 is 1.15 bits per heavy atom. The summed E-state index contributed by atoms with van der Waals surface area (Å²) in [6, 6.07) is 1.96. The Kier molecular flexibility index (Phi) is 7.49. The number of ether oxygens (including phenoxy) is 1. The maximum Gasteiger partial charge on any atom is 0.438 e. The largest absolute Gasteiger partial charge is 0.486 e. The molecule has 0 spiro atoms. The lowest BCUT2D eigenvalue weighted by molar-refractivity contribution is -0.143. The van der Waals surface area contributed by atoms with Crippen LogP contribution in [0.1, 0.15) is 44.3 Å². The highest BCUT2D eigenvalue weighted by atomic mass is 19.4. The molecule has 39 heavy (non-hydrogen) atoms. The number of aryl methyl sites for hydroxylation is 1. The van der Waals surface area contributed by atoms with Crippen LogP contribution in [0.5, 0.6) is 5.75 Å². The quantitative estimate of drug-likeness (QED) is 0.291. The highest BCUT2D eigenvalue weighted by Gasteiger charge is 2.39. The second-order valence-corrected chi connectivity index (χ2v) is 9.76. The zero-order valence-corrected chi connectivity index (χ0v) is 21.6. The first kappa shape index (κ1) is 26.9. The molecule has 5 rings (SSSR count). The molecule has 210 valence electrons. The number of nitrogens with zero attached hydrogens (tertiary/aromatic N) is 7. The average Bonchev–Trinajstić information content (AvgIpc) is 3.61. The van der Waals surface area contributed by atoms with E-state index in [0.29, 0.717) is 43.7 Å².